The maximum atomic E-state index is 12.0. The van der Waals surface area contributed by atoms with Crippen LogP contribution < -0.4 is 10.6 Å². The molecule has 1 atom stereocenters. The lowest BCUT2D eigenvalue weighted by Crippen LogP contribution is -2.32. The second-order valence-electron chi connectivity index (χ2n) is 5.26. The first kappa shape index (κ1) is 17.0. The third kappa shape index (κ3) is 5.93. The predicted octanol–water partition coefficient (Wildman–Crippen LogP) is 2.55. The number of aryl methyl sites for hydroxylation is 1. The van der Waals surface area contributed by atoms with Gasteiger partial charge in [-0.1, -0.05) is 30.3 Å². The molecule has 0 radical (unpaired) electrons. The van der Waals surface area contributed by atoms with Crippen LogP contribution in [0, 0.1) is 5.92 Å². The Morgan fingerprint density at radius 3 is 2.80 bits per heavy atom. The molecule has 1 saturated heterocycles. The summed E-state index contributed by atoms with van der Waals surface area (Å²) >= 11 is 0. The zero-order valence-corrected chi connectivity index (χ0v) is 12.8. The molecule has 1 heterocycles. The van der Waals surface area contributed by atoms with E-state index in [1.165, 1.54) is 5.56 Å². The van der Waals surface area contributed by atoms with Crippen molar-refractivity contribution in [3.63, 3.8) is 0 Å². The SMILES string of the molecule is Cl.O=C(NCCCc1ccccc1)C1CCCNCC1. The van der Waals surface area contributed by atoms with Gasteiger partial charge in [0.1, 0.15) is 0 Å². The lowest BCUT2D eigenvalue weighted by molar-refractivity contribution is -0.125. The van der Waals surface area contributed by atoms with Crippen molar-refractivity contribution in [1.29, 1.82) is 0 Å². The van der Waals surface area contributed by atoms with Crippen LogP contribution in [0.15, 0.2) is 30.3 Å². The molecule has 20 heavy (non-hydrogen) atoms. The van der Waals surface area contributed by atoms with Crippen LogP contribution in [0.4, 0.5) is 0 Å². The minimum atomic E-state index is 0. The number of carbonyl (C=O) groups is 1. The Bertz CT molecular complexity index is 375. The van der Waals surface area contributed by atoms with Crippen LogP contribution in [0.5, 0.6) is 0 Å². The van der Waals surface area contributed by atoms with Crippen LogP contribution >= 0.6 is 12.4 Å². The molecule has 1 fully saturated rings. The average molecular weight is 297 g/mol. The summed E-state index contributed by atoms with van der Waals surface area (Å²) in [5.41, 5.74) is 1.34. The van der Waals surface area contributed by atoms with Gasteiger partial charge in [0.15, 0.2) is 0 Å². The molecule has 1 aromatic rings. The fraction of sp³-hybridized carbons (Fsp3) is 0.562. The van der Waals surface area contributed by atoms with E-state index in [0.717, 1.165) is 51.7 Å². The van der Waals surface area contributed by atoms with Crippen molar-refractivity contribution in [3.05, 3.63) is 35.9 Å². The minimum Gasteiger partial charge on any atom is -0.356 e. The van der Waals surface area contributed by atoms with E-state index in [4.69, 9.17) is 0 Å². The summed E-state index contributed by atoms with van der Waals surface area (Å²) in [6.07, 6.45) is 5.16. The largest absolute Gasteiger partial charge is 0.356 e. The van der Waals surface area contributed by atoms with Gasteiger partial charge in [0.2, 0.25) is 5.91 Å². The molecule has 1 amide bonds. The lowest BCUT2D eigenvalue weighted by Gasteiger charge is -2.13. The van der Waals surface area contributed by atoms with Gasteiger partial charge in [-0.2, -0.15) is 0 Å². The normalized spacial score (nSPS) is 18.7. The summed E-state index contributed by atoms with van der Waals surface area (Å²) in [4.78, 5) is 12.0. The van der Waals surface area contributed by atoms with Crippen LogP contribution in [0.2, 0.25) is 0 Å². The van der Waals surface area contributed by atoms with Crippen LogP contribution in [-0.2, 0) is 11.2 Å². The summed E-state index contributed by atoms with van der Waals surface area (Å²) in [6.45, 7) is 2.82. The summed E-state index contributed by atoms with van der Waals surface area (Å²) in [5.74, 6) is 0.462. The maximum Gasteiger partial charge on any atom is 0.223 e. The Hall–Kier alpha value is -1.06. The molecule has 1 aliphatic heterocycles. The molecule has 112 valence electrons. The fourth-order valence-corrected chi connectivity index (χ4v) is 2.57. The topological polar surface area (TPSA) is 41.1 Å². The summed E-state index contributed by atoms with van der Waals surface area (Å²) in [5, 5.41) is 6.42. The number of rotatable bonds is 5. The van der Waals surface area contributed by atoms with Gasteiger partial charge in [0.05, 0.1) is 0 Å². The van der Waals surface area contributed by atoms with E-state index in [9.17, 15) is 4.79 Å². The summed E-state index contributed by atoms with van der Waals surface area (Å²) in [6, 6.07) is 10.4. The van der Waals surface area contributed by atoms with Crippen molar-refractivity contribution in [2.75, 3.05) is 19.6 Å². The average Bonchev–Trinajstić information content (AvgIpc) is 2.73. The highest BCUT2D eigenvalue weighted by Gasteiger charge is 2.18. The Balaban J connectivity index is 0.00000200. The van der Waals surface area contributed by atoms with E-state index in [-0.39, 0.29) is 24.2 Å². The molecule has 0 spiro atoms. The highest BCUT2D eigenvalue weighted by molar-refractivity contribution is 5.85. The summed E-state index contributed by atoms with van der Waals surface area (Å²) < 4.78 is 0. The van der Waals surface area contributed by atoms with Crippen molar-refractivity contribution in [2.24, 2.45) is 5.92 Å². The third-order valence-electron chi connectivity index (χ3n) is 3.73. The molecule has 0 saturated carbocycles. The highest BCUT2D eigenvalue weighted by atomic mass is 35.5. The van der Waals surface area contributed by atoms with E-state index in [2.05, 4.69) is 34.9 Å². The first-order chi connectivity index (χ1) is 9.36. The highest BCUT2D eigenvalue weighted by Crippen LogP contribution is 2.13. The van der Waals surface area contributed by atoms with Crippen molar-refractivity contribution in [1.82, 2.24) is 10.6 Å². The van der Waals surface area contributed by atoms with Crippen molar-refractivity contribution < 1.29 is 4.79 Å². The molecule has 1 aromatic carbocycles. The molecule has 4 heteroatoms. The Kier molecular flexibility index (Phi) is 8.31. The molecule has 2 rings (SSSR count). The van der Waals surface area contributed by atoms with Crippen molar-refractivity contribution in [3.8, 4) is 0 Å². The van der Waals surface area contributed by atoms with Crippen LogP contribution in [-0.4, -0.2) is 25.5 Å². The second kappa shape index (κ2) is 9.78. The van der Waals surface area contributed by atoms with Gasteiger partial charge in [-0.3, -0.25) is 4.79 Å². The standard InChI is InChI=1S/C16H24N2O.ClH/c19-16(15-9-5-11-17-13-10-15)18-12-4-8-14-6-2-1-3-7-14;/h1-3,6-7,15,17H,4-5,8-13H2,(H,18,19);1H. The number of carbonyl (C=O) groups excluding carboxylic acids is 1. The molecule has 3 nitrogen and oxygen atoms in total. The monoisotopic (exact) mass is 296 g/mol. The first-order valence-electron chi connectivity index (χ1n) is 7.38. The smallest absolute Gasteiger partial charge is 0.223 e. The maximum absolute atomic E-state index is 12.0. The molecular weight excluding hydrogens is 272 g/mol. The minimum absolute atomic E-state index is 0. The van der Waals surface area contributed by atoms with Gasteiger partial charge < -0.3 is 10.6 Å². The van der Waals surface area contributed by atoms with Gasteiger partial charge in [-0.15, -0.1) is 12.4 Å². The number of hydrogen-bond acceptors (Lipinski definition) is 2. The van der Waals surface area contributed by atoms with Gasteiger partial charge in [0.25, 0.3) is 0 Å². The zero-order chi connectivity index (χ0) is 13.3. The third-order valence-corrected chi connectivity index (χ3v) is 3.73. The van der Waals surface area contributed by atoms with Crippen LogP contribution in [0.1, 0.15) is 31.2 Å². The van der Waals surface area contributed by atoms with Gasteiger partial charge in [-0.25, -0.2) is 0 Å². The number of amides is 1. The molecular formula is C16H25ClN2O. The molecule has 0 bridgehead atoms. The molecule has 2 N–H and O–H groups in total. The number of benzene rings is 1. The quantitative estimate of drug-likeness (QED) is 0.820. The number of nitrogens with one attached hydrogen (secondary N) is 2. The molecule has 0 aromatic heterocycles. The van der Waals surface area contributed by atoms with Gasteiger partial charge >= 0.3 is 0 Å². The van der Waals surface area contributed by atoms with E-state index >= 15 is 0 Å². The number of halogens is 1. The fourth-order valence-electron chi connectivity index (χ4n) is 2.57. The van der Waals surface area contributed by atoms with Crippen LogP contribution in [0.3, 0.4) is 0 Å². The van der Waals surface area contributed by atoms with E-state index in [1.807, 2.05) is 6.07 Å². The molecule has 0 aliphatic carbocycles. The molecule has 1 aliphatic rings. The predicted molar refractivity (Wildman–Crippen MR) is 85.2 cm³/mol. The van der Waals surface area contributed by atoms with Gasteiger partial charge in [0, 0.05) is 12.5 Å². The van der Waals surface area contributed by atoms with Crippen LogP contribution in [0.25, 0.3) is 0 Å². The van der Waals surface area contributed by atoms with Crippen molar-refractivity contribution in [2.45, 2.75) is 32.1 Å². The molecule has 1 unspecified atom stereocenters. The van der Waals surface area contributed by atoms with E-state index in [0.29, 0.717) is 0 Å². The second-order valence-corrected chi connectivity index (χ2v) is 5.26. The number of hydrogen-bond donors (Lipinski definition) is 2. The Morgan fingerprint density at radius 2 is 2.00 bits per heavy atom. The van der Waals surface area contributed by atoms with Crippen molar-refractivity contribution >= 4 is 18.3 Å². The lowest BCUT2D eigenvalue weighted by atomic mass is 10.00. The van der Waals surface area contributed by atoms with E-state index < -0.39 is 0 Å². The van der Waals surface area contributed by atoms with E-state index in [1.54, 1.807) is 0 Å². The Morgan fingerprint density at radius 1 is 1.20 bits per heavy atom. The Labute approximate surface area is 127 Å². The first-order valence-corrected chi connectivity index (χ1v) is 7.38. The summed E-state index contributed by atoms with van der Waals surface area (Å²) in [7, 11) is 0. The zero-order valence-electron chi connectivity index (χ0n) is 11.9. The van der Waals surface area contributed by atoms with Gasteiger partial charge in [-0.05, 0) is 50.8 Å².